The van der Waals surface area contributed by atoms with E-state index in [1.807, 2.05) is 32.7 Å². The number of hydrogen-bond donors (Lipinski definition) is 3. The van der Waals surface area contributed by atoms with Crippen molar-refractivity contribution in [1.82, 2.24) is 15.1 Å². The predicted molar refractivity (Wildman–Crippen MR) is 180 cm³/mol. The Kier molecular flexibility index (Phi) is 14.0. The standard InChI is InChI=1S/C36H58N4O6/c1-25-22-40(26(2)24-41)35(43)31-21-30(38-36(44)37-29-16-9-6-10-17-29)18-19-32(31)46-27(3)13-11-12-20-45-33(25)23-39(4)34(42)28-14-7-5-8-15-28/h18-19,21,25-29,33,41H,5-17,20,22-24H2,1-4H3,(H2,37,38,44)/t25-,26-,27-,33+/m1/s1. The first-order valence-corrected chi connectivity index (χ1v) is 17.8. The van der Waals surface area contributed by atoms with Crippen LogP contribution in [0.1, 0.15) is 115 Å². The first-order valence-electron chi connectivity index (χ1n) is 17.8. The number of aliphatic hydroxyl groups excluding tert-OH is 1. The van der Waals surface area contributed by atoms with Crippen LogP contribution in [-0.4, -0.2) is 90.4 Å². The zero-order valence-electron chi connectivity index (χ0n) is 28.6. The van der Waals surface area contributed by atoms with Gasteiger partial charge in [-0.15, -0.1) is 0 Å². The maximum atomic E-state index is 14.4. The number of hydrogen-bond acceptors (Lipinski definition) is 6. The van der Waals surface area contributed by atoms with Crippen LogP contribution in [0.4, 0.5) is 10.5 Å². The Hall–Kier alpha value is -2.85. The van der Waals surface area contributed by atoms with Crippen molar-refractivity contribution < 1.29 is 29.0 Å². The van der Waals surface area contributed by atoms with Crippen molar-refractivity contribution in [3.63, 3.8) is 0 Å². The molecule has 0 unspecified atom stereocenters. The van der Waals surface area contributed by atoms with E-state index in [9.17, 15) is 19.5 Å². The molecule has 0 radical (unpaired) electrons. The van der Waals surface area contributed by atoms with Crippen LogP contribution in [-0.2, 0) is 9.53 Å². The van der Waals surface area contributed by atoms with Crippen molar-refractivity contribution in [2.24, 2.45) is 11.8 Å². The van der Waals surface area contributed by atoms with Gasteiger partial charge in [0, 0.05) is 50.3 Å². The van der Waals surface area contributed by atoms with E-state index in [1.54, 1.807) is 23.1 Å². The molecule has 1 aromatic rings. The molecule has 3 N–H and O–H groups in total. The SMILES string of the molecule is C[C@@H]1CCCCO[C@@H](CN(C)C(=O)C2CCCCC2)[C@H](C)CN([C@H](C)CO)C(=O)c2cc(NC(=O)NC3CCCCC3)ccc2O1. The van der Waals surface area contributed by atoms with Gasteiger partial charge < -0.3 is 35.0 Å². The van der Waals surface area contributed by atoms with Gasteiger partial charge in [-0.3, -0.25) is 9.59 Å². The zero-order valence-corrected chi connectivity index (χ0v) is 28.6. The Bertz CT molecular complexity index is 1140. The Morgan fingerprint density at radius 3 is 2.37 bits per heavy atom. The molecular weight excluding hydrogens is 584 g/mol. The molecule has 1 heterocycles. The van der Waals surface area contributed by atoms with E-state index < -0.39 is 6.04 Å². The van der Waals surface area contributed by atoms with Crippen LogP contribution in [0.15, 0.2) is 18.2 Å². The van der Waals surface area contributed by atoms with E-state index in [2.05, 4.69) is 10.6 Å². The number of nitrogens with one attached hydrogen (secondary N) is 2. The number of ether oxygens (including phenoxy) is 2. The number of anilines is 1. The second kappa shape index (κ2) is 17.9. The average Bonchev–Trinajstić information content (AvgIpc) is 3.06. The smallest absolute Gasteiger partial charge is 0.319 e. The fourth-order valence-corrected chi connectivity index (χ4v) is 7.08. The van der Waals surface area contributed by atoms with Crippen molar-refractivity contribution in [3.8, 4) is 5.75 Å². The Morgan fingerprint density at radius 1 is 1.00 bits per heavy atom. The molecule has 10 nitrogen and oxygen atoms in total. The average molecular weight is 643 g/mol. The first kappa shape index (κ1) is 36.0. The third kappa shape index (κ3) is 10.3. The molecule has 46 heavy (non-hydrogen) atoms. The molecule has 258 valence electrons. The Morgan fingerprint density at radius 2 is 1.67 bits per heavy atom. The molecule has 2 saturated carbocycles. The lowest BCUT2D eigenvalue weighted by Gasteiger charge is -2.36. The van der Waals surface area contributed by atoms with E-state index in [-0.39, 0.29) is 54.5 Å². The van der Waals surface area contributed by atoms with Gasteiger partial charge in [-0.2, -0.15) is 0 Å². The van der Waals surface area contributed by atoms with Crippen LogP contribution in [0.2, 0.25) is 0 Å². The van der Waals surface area contributed by atoms with E-state index in [4.69, 9.17) is 9.47 Å². The number of rotatable bonds is 7. The van der Waals surface area contributed by atoms with E-state index in [0.29, 0.717) is 36.7 Å². The number of amides is 4. The quantitative estimate of drug-likeness (QED) is 0.337. The molecular formula is C36H58N4O6. The third-order valence-electron chi connectivity index (χ3n) is 10.0. The molecule has 4 atom stereocenters. The molecule has 1 aliphatic heterocycles. The summed E-state index contributed by atoms with van der Waals surface area (Å²) in [5.41, 5.74) is 0.848. The van der Waals surface area contributed by atoms with Crippen LogP contribution in [0, 0.1) is 11.8 Å². The molecule has 3 aliphatic rings. The topological polar surface area (TPSA) is 120 Å². The summed E-state index contributed by atoms with van der Waals surface area (Å²) in [4.78, 5) is 44.1. The van der Waals surface area contributed by atoms with Gasteiger partial charge in [-0.1, -0.05) is 45.4 Å². The van der Waals surface area contributed by atoms with Crippen LogP contribution in [0.5, 0.6) is 5.75 Å². The molecule has 0 aromatic heterocycles. The number of benzene rings is 1. The summed E-state index contributed by atoms with van der Waals surface area (Å²) in [5, 5.41) is 16.2. The summed E-state index contributed by atoms with van der Waals surface area (Å²) >= 11 is 0. The van der Waals surface area contributed by atoms with Crippen molar-refractivity contribution >= 4 is 23.5 Å². The molecule has 0 saturated heterocycles. The highest BCUT2D eigenvalue weighted by Crippen LogP contribution is 2.29. The highest BCUT2D eigenvalue weighted by atomic mass is 16.5. The summed E-state index contributed by atoms with van der Waals surface area (Å²) in [6, 6.07) is 4.62. The monoisotopic (exact) mass is 642 g/mol. The van der Waals surface area contributed by atoms with Gasteiger partial charge in [-0.25, -0.2) is 4.79 Å². The number of urea groups is 1. The predicted octanol–water partition coefficient (Wildman–Crippen LogP) is 5.98. The molecule has 1 aromatic carbocycles. The van der Waals surface area contributed by atoms with Crippen molar-refractivity contribution in [1.29, 1.82) is 0 Å². The fraction of sp³-hybridized carbons (Fsp3) is 0.750. The number of carbonyl (C=O) groups excluding carboxylic acids is 3. The minimum atomic E-state index is -0.471. The third-order valence-corrected chi connectivity index (χ3v) is 10.0. The minimum absolute atomic E-state index is 0.0746. The summed E-state index contributed by atoms with van der Waals surface area (Å²) in [5.74, 6) is 0.313. The van der Waals surface area contributed by atoms with Gasteiger partial charge >= 0.3 is 6.03 Å². The molecule has 2 aliphatic carbocycles. The van der Waals surface area contributed by atoms with Crippen molar-refractivity contribution in [2.75, 3.05) is 38.7 Å². The summed E-state index contributed by atoms with van der Waals surface area (Å²) in [7, 11) is 1.87. The second-order valence-corrected chi connectivity index (χ2v) is 14.0. The van der Waals surface area contributed by atoms with Gasteiger partial charge in [0.1, 0.15) is 5.75 Å². The Labute approximate surface area is 275 Å². The van der Waals surface area contributed by atoms with Gasteiger partial charge in [0.25, 0.3) is 5.91 Å². The zero-order chi connectivity index (χ0) is 33.1. The summed E-state index contributed by atoms with van der Waals surface area (Å²) in [6.07, 6.45) is 12.8. The second-order valence-electron chi connectivity index (χ2n) is 14.0. The summed E-state index contributed by atoms with van der Waals surface area (Å²) < 4.78 is 12.8. The van der Waals surface area contributed by atoms with Gasteiger partial charge in [0.05, 0.1) is 30.4 Å². The van der Waals surface area contributed by atoms with Gasteiger partial charge in [-0.05, 0) is 77.0 Å². The molecule has 2 fully saturated rings. The lowest BCUT2D eigenvalue weighted by molar-refractivity contribution is -0.137. The highest BCUT2D eigenvalue weighted by molar-refractivity contribution is 5.99. The van der Waals surface area contributed by atoms with Gasteiger partial charge in [0.2, 0.25) is 5.91 Å². The first-order chi connectivity index (χ1) is 22.2. The number of likely N-dealkylation sites (N-methyl/N-ethyl adjacent to an activating group) is 1. The van der Waals surface area contributed by atoms with Crippen molar-refractivity contribution in [3.05, 3.63) is 23.8 Å². The maximum absolute atomic E-state index is 14.4. The molecule has 4 amide bonds. The van der Waals surface area contributed by atoms with Crippen molar-refractivity contribution in [2.45, 2.75) is 129 Å². The number of aliphatic hydroxyl groups is 1. The molecule has 10 heteroatoms. The Balaban J connectivity index is 1.56. The van der Waals surface area contributed by atoms with E-state index in [0.717, 1.165) is 70.6 Å². The fourth-order valence-electron chi connectivity index (χ4n) is 7.08. The maximum Gasteiger partial charge on any atom is 0.319 e. The van der Waals surface area contributed by atoms with Crippen LogP contribution < -0.4 is 15.4 Å². The molecule has 0 bridgehead atoms. The van der Waals surface area contributed by atoms with Gasteiger partial charge in [0.15, 0.2) is 0 Å². The number of nitrogens with zero attached hydrogens (tertiary/aromatic N) is 2. The highest BCUT2D eigenvalue weighted by Gasteiger charge is 2.32. The number of carbonyl (C=O) groups is 3. The summed E-state index contributed by atoms with van der Waals surface area (Å²) in [6.45, 7) is 7.00. The lowest BCUT2D eigenvalue weighted by Crippen LogP contribution is -2.48. The van der Waals surface area contributed by atoms with Crippen LogP contribution in [0.3, 0.4) is 0 Å². The minimum Gasteiger partial charge on any atom is -0.490 e. The molecule has 0 spiro atoms. The van der Waals surface area contributed by atoms with E-state index >= 15 is 0 Å². The number of fused-ring (bicyclic) bond motifs is 1. The largest absolute Gasteiger partial charge is 0.490 e. The normalized spacial score (nSPS) is 25.0. The molecule has 4 rings (SSSR count). The van der Waals surface area contributed by atoms with E-state index in [1.165, 1.54) is 12.8 Å². The van der Waals surface area contributed by atoms with Crippen LogP contribution >= 0.6 is 0 Å². The lowest BCUT2D eigenvalue weighted by atomic mass is 9.88. The van der Waals surface area contributed by atoms with Crippen LogP contribution in [0.25, 0.3) is 0 Å².